The lowest BCUT2D eigenvalue weighted by Crippen LogP contribution is -2.43. The van der Waals surface area contributed by atoms with E-state index in [1.165, 1.54) is 5.39 Å². The Kier molecular flexibility index (Phi) is 4.71. The summed E-state index contributed by atoms with van der Waals surface area (Å²) in [7, 11) is 0. The van der Waals surface area contributed by atoms with Gasteiger partial charge in [-0.05, 0) is 12.1 Å². The molecule has 0 aliphatic carbocycles. The van der Waals surface area contributed by atoms with Crippen LogP contribution in [0.25, 0.3) is 10.9 Å². The van der Waals surface area contributed by atoms with Crippen LogP contribution in [-0.4, -0.2) is 11.0 Å². The summed E-state index contributed by atoms with van der Waals surface area (Å²) in [5, 5.41) is 1.20. The first-order valence-electron chi connectivity index (χ1n) is 4.55. The van der Waals surface area contributed by atoms with Gasteiger partial charge in [0.25, 0.3) is 0 Å². The van der Waals surface area contributed by atoms with Crippen LogP contribution in [0.1, 0.15) is 0 Å². The van der Waals surface area contributed by atoms with Gasteiger partial charge < -0.3 is 0 Å². The van der Waals surface area contributed by atoms with Crippen LogP contribution in [0, 0.1) is 0 Å². The standard InChI is InChI=1S/C9H7N.CH6N4O/c1-2-6-9-8(4-1)5-3-7-10-9;2-4-1(6)5-3/h1-7H;2-3H2,(H2,4,5,6). The molecule has 6 heteroatoms. The molecule has 0 aliphatic heterocycles. The number of nitrogens with zero attached hydrogens (tertiary/aromatic N) is 1. The molecule has 2 amide bonds. The minimum atomic E-state index is -0.602. The van der Waals surface area contributed by atoms with E-state index in [0.29, 0.717) is 0 Å². The summed E-state index contributed by atoms with van der Waals surface area (Å²) in [5.74, 6) is 9.08. The third-order valence-electron chi connectivity index (χ3n) is 1.77. The molecule has 6 nitrogen and oxygen atoms in total. The van der Waals surface area contributed by atoms with Crippen LogP contribution in [0.2, 0.25) is 0 Å². The summed E-state index contributed by atoms with van der Waals surface area (Å²) >= 11 is 0. The third kappa shape index (κ3) is 3.52. The molecule has 0 bridgehead atoms. The topological polar surface area (TPSA) is 106 Å². The SMILES string of the molecule is NNC(=O)NN.c1ccc2ncccc2c1. The second kappa shape index (κ2) is 6.33. The number of hydrogen-bond donors (Lipinski definition) is 4. The number of hydrazine groups is 2. The monoisotopic (exact) mass is 219 g/mol. The maximum Gasteiger partial charge on any atom is 0.343 e. The molecule has 2 aromatic rings. The van der Waals surface area contributed by atoms with Crippen LogP contribution in [0.3, 0.4) is 0 Å². The second-order valence-corrected chi connectivity index (χ2v) is 2.81. The quantitative estimate of drug-likeness (QED) is 0.290. The Hall–Kier alpha value is -2.18. The van der Waals surface area contributed by atoms with Gasteiger partial charge in [-0.2, -0.15) is 0 Å². The summed E-state index contributed by atoms with van der Waals surface area (Å²) in [4.78, 5) is 13.9. The van der Waals surface area contributed by atoms with Crippen molar-refractivity contribution in [3.05, 3.63) is 42.6 Å². The molecule has 0 aliphatic rings. The maximum atomic E-state index is 9.71. The number of para-hydroxylation sites is 1. The molecule has 1 heterocycles. The largest absolute Gasteiger partial charge is 0.343 e. The molecule has 0 saturated heterocycles. The Morgan fingerprint density at radius 2 is 1.69 bits per heavy atom. The first-order chi connectivity index (χ1) is 7.77. The molecule has 0 spiro atoms. The molecule has 16 heavy (non-hydrogen) atoms. The van der Waals surface area contributed by atoms with Gasteiger partial charge in [0.1, 0.15) is 0 Å². The van der Waals surface area contributed by atoms with Crippen LogP contribution >= 0.6 is 0 Å². The molecule has 1 aromatic carbocycles. The number of rotatable bonds is 0. The minimum absolute atomic E-state index is 0.602. The van der Waals surface area contributed by atoms with Gasteiger partial charge >= 0.3 is 6.03 Å². The number of nitrogens with one attached hydrogen (secondary N) is 2. The highest BCUT2D eigenvalue weighted by Crippen LogP contribution is 2.07. The Morgan fingerprint density at radius 1 is 1.06 bits per heavy atom. The molecule has 0 fully saturated rings. The molecular formula is C10H13N5O. The molecule has 0 saturated carbocycles. The van der Waals surface area contributed by atoms with Crippen LogP contribution in [0.5, 0.6) is 0 Å². The van der Waals surface area contributed by atoms with Gasteiger partial charge in [0.05, 0.1) is 5.52 Å². The van der Waals surface area contributed by atoms with Gasteiger partial charge in [0.15, 0.2) is 0 Å². The predicted molar refractivity (Wildman–Crippen MR) is 61.8 cm³/mol. The summed E-state index contributed by atoms with van der Waals surface area (Å²) in [6, 6.07) is 11.5. The van der Waals surface area contributed by atoms with Crippen molar-refractivity contribution in [1.82, 2.24) is 15.8 Å². The fraction of sp³-hybridized carbons (Fsp3) is 0. The Balaban J connectivity index is 0.000000187. The number of hydrogen-bond acceptors (Lipinski definition) is 4. The fourth-order valence-corrected chi connectivity index (χ4v) is 1.06. The number of carbonyl (C=O) groups is 1. The highest BCUT2D eigenvalue weighted by atomic mass is 16.2. The van der Waals surface area contributed by atoms with E-state index in [2.05, 4.69) is 28.8 Å². The summed E-state index contributed by atoms with van der Waals surface area (Å²) < 4.78 is 0. The lowest BCUT2D eigenvalue weighted by molar-refractivity contribution is 0.241. The molecule has 0 radical (unpaired) electrons. The van der Waals surface area contributed by atoms with E-state index in [1.54, 1.807) is 10.9 Å². The molecule has 6 N–H and O–H groups in total. The highest BCUT2D eigenvalue weighted by molar-refractivity contribution is 5.77. The molecular weight excluding hydrogens is 206 g/mol. The summed E-state index contributed by atoms with van der Waals surface area (Å²) in [5.41, 5.74) is 4.54. The number of urea groups is 1. The Morgan fingerprint density at radius 3 is 2.25 bits per heavy atom. The van der Waals surface area contributed by atoms with Crippen molar-refractivity contribution in [2.75, 3.05) is 0 Å². The van der Waals surface area contributed by atoms with Gasteiger partial charge in [-0.15, -0.1) is 0 Å². The van der Waals surface area contributed by atoms with Crippen molar-refractivity contribution in [1.29, 1.82) is 0 Å². The summed E-state index contributed by atoms with van der Waals surface area (Å²) in [6.45, 7) is 0. The maximum absolute atomic E-state index is 9.71. The minimum Gasteiger partial charge on any atom is -0.275 e. The highest BCUT2D eigenvalue weighted by Gasteiger charge is 1.86. The van der Waals surface area contributed by atoms with E-state index in [4.69, 9.17) is 0 Å². The van der Waals surface area contributed by atoms with Crippen LogP contribution in [0.4, 0.5) is 4.79 Å². The van der Waals surface area contributed by atoms with E-state index >= 15 is 0 Å². The van der Waals surface area contributed by atoms with Crippen LogP contribution < -0.4 is 22.5 Å². The number of aromatic nitrogens is 1. The normalized spacial score (nSPS) is 8.88. The molecule has 0 unspecified atom stereocenters. The smallest absolute Gasteiger partial charge is 0.275 e. The Labute approximate surface area is 92.6 Å². The van der Waals surface area contributed by atoms with Crippen molar-refractivity contribution >= 4 is 16.9 Å². The van der Waals surface area contributed by atoms with E-state index in [1.807, 2.05) is 30.5 Å². The van der Waals surface area contributed by atoms with Crippen molar-refractivity contribution in [2.24, 2.45) is 11.7 Å². The fourth-order valence-electron chi connectivity index (χ4n) is 1.06. The van der Waals surface area contributed by atoms with Crippen molar-refractivity contribution in [2.45, 2.75) is 0 Å². The summed E-state index contributed by atoms with van der Waals surface area (Å²) in [6.07, 6.45) is 1.81. The first-order valence-corrected chi connectivity index (χ1v) is 4.55. The number of carbonyl (C=O) groups excluding carboxylic acids is 1. The van der Waals surface area contributed by atoms with Gasteiger partial charge in [-0.25, -0.2) is 16.5 Å². The lowest BCUT2D eigenvalue weighted by atomic mass is 10.2. The van der Waals surface area contributed by atoms with E-state index in [-0.39, 0.29) is 0 Å². The number of nitrogens with two attached hydrogens (primary N) is 2. The van der Waals surface area contributed by atoms with Gasteiger partial charge in [-0.3, -0.25) is 15.8 Å². The third-order valence-corrected chi connectivity index (χ3v) is 1.77. The number of pyridine rings is 1. The van der Waals surface area contributed by atoms with Crippen LogP contribution in [-0.2, 0) is 0 Å². The van der Waals surface area contributed by atoms with Gasteiger partial charge in [0.2, 0.25) is 0 Å². The predicted octanol–water partition coefficient (Wildman–Crippen LogP) is 0.268. The first kappa shape index (κ1) is 11.9. The zero-order valence-electron chi connectivity index (χ0n) is 8.55. The van der Waals surface area contributed by atoms with Crippen LogP contribution in [0.15, 0.2) is 42.6 Å². The average molecular weight is 219 g/mol. The Bertz CT molecular complexity index is 388. The number of amides is 2. The molecule has 84 valence electrons. The van der Waals surface area contributed by atoms with Gasteiger partial charge in [-0.1, -0.05) is 24.3 Å². The van der Waals surface area contributed by atoms with Crippen molar-refractivity contribution in [3.63, 3.8) is 0 Å². The van der Waals surface area contributed by atoms with E-state index in [9.17, 15) is 4.79 Å². The zero-order chi connectivity index (χ0) is 11.8. The second-order valence-electron chi connectivity index (χ2n) is 2.81. The lowest BCUT2D eigenvalue weighted by Gasteiger charge is -1.91. The number of benzene rings is 1. The molecule has 0 atom stereocenters. The van der Waals surface area contributed by atoms with Crippen molar-refractivity contribution < 1.29 is 4.79 Å². The van der Waals surface area contributed by atoms with Gasteiger partial charge in [0, 0.05) is 11.6 Å². The molecule has 1 aromatic heterocycles. The number of fused-ring (bicyclic) bond motifs is 1. The van der Waals surface area contributed by atoms with E-state index in [0.717, 1.165) is 5.52 Å². The molecule has 2 rings (SSSR count). The zero-order valence-corrected chi connectivity index (χ0v) is 8.55. The van der Waals surface area contributed by atoms with Crippen molar-refractivity contribution in [3.8, 4) is 0 Å². The average Bonchev–Trinajstić information content (AvgIpc) is 2.38. The van der Waals surface area contributed by atoms with E-state index < -0.39 is 6.03 Å².